The third-order valence-corrected chi connectivity index (χ3v) is 3.20. The van der Waals surface area contributed by atoms with Crippen LogP contribution in [0.25, 0.3) is 0 Å². The first-order valence-electron chi connectivity index (χ1n) is 4.37. The van der Waals surface area contributed by atoms with Crippen molar-refractivity contribution >= 4 is 27.6 Å². The van der Waals surface area contributed by atoms with Crippen LogP contribution in [0.1, 0.15) is 10.4 Å². The molecule has 0 bridgehead atoms. The van der Waals surface area contributed by atoms with Crippen LogP contribution < -0.4 is 0 Å². The van der Waals surface area contributed by atoms with Gasteiger partial charge >= 0.3 is 5.97 Å². The predicted molar refractivity (Wildman–Crippen MR) is 61.1 cm³/mol. The molecule has 94 valence electrons. The predicted octanol–water partition coefficient (Wildman–Crippen LogP) is 1.01. The average molecular weight is 280 g/mol. The van der Waals surface area contributed by atoms with Gasteiger partial charge in [0.1, 0.15) is 11.3 Å². The van der Waals surface area contributed by atoms with Crippen molar-refractivity contribution in [2.24, 2.45) is 0 Å². The number of hydroxylamine groups is 1. The number of rotatable bonds is 3. The number of carbonyl (C=O) groups is 1. The summed E-state index contributed by atoms with van der Waals surface area (Å²) in [5, 5.41) is 9.39. The van der Waals surface area contributed by atoms with Crippen LogP contribution in [0, 0.1) is 0 Å². The van der Waals surface area contributed by atoms with Gasteiger partial charge in [-0.1, -0.05) is 17.7 Å². The van der Waals surface area contributed by atoms with Gasteiger partial charge < -0.3 is 9.94 Å². The van der Waals surface area contributed by atoms with Gasteiger partial charge in [0.25, 0.3) is 0 Å². The summed E-state index contributed by atoms with van der Waals surface area (Å²) in [4.78, 5) is 16.1. The molecule has 17 heavy (non-hydrogen) atoms. The lowest BCUT2D eigenvalue weighted by Crippen LogP contribution is -2.29. The first kappa shape index (κ1) is 13.8. The van der Waals surface area contributed by atoms with Gasteiger partial charge in [0, 0.05) is 7.05 Å². The fraction of sp³-hybridized carbons (Fsp3) is 0.222. The Balaban J connectivity index is 2.99. The van der Waals surface area contributed by atoms with Crippen LogP contribution in [0.4, 0.5) is 0 Å². The summed E-state index contributed by atoms with van der Waals surface area (Å²) in [6.07, 6.45) is 0.868. The minimum Gasteiger partial charge on any atom is -0.507 e. The van der Waals surface area contributed by atoms with Crippen LogP contribution >= 0.6 is 11.6 Å². The van der Waals surface area contributed by atoms with E-state index in [1.807, 2.05) is 0 Å². The monoisotopic (exact) mass is 279 g/mol. The van der Waals surface area contributed by atoms with Gasteiger partial charge in [-0.15, -0.1) is 0 Å². The van der Waals surface area contributed by atoms with E-state index in [4.69, 9.17) is 11.6 Å². The molecule has 0 amide bonds. The van der Waals surface area contributed by atoms with E-state index < -0.39 is 16.0 Å². The van der Waals surface area contributed by atoms with Crippen molar-refractivity contribution in [2.75, 3.05) is 13.3 Å². The standard InChI is InChI=1S/C9H10ClNO5S/c1-11(17(2,14)15)16-9(13)8-6(10)4-3-5-7(8)12/h3-5,12H,1-2H3. The SMILES string of the molecule is CN(OC(=O)c1c(O)cccc1Cl)S(C)(=O)=O. The Labute approximate surface area is 103 Å². The summed E-state index contributed by atoms with van der Waals surface area (Å²) in [6.45, 7) is 0. The van der Waals surface area contributed by atoms with Crippen molar-refractivity contribution in [2.45, 2.75) is 0 Å². The van der Waals surface area contributed by atoms with Crippen molar-refractivity contribution in [3.05, 3.63) is 28.8 Å². The van der Waals surface area contributed by atoms with Crippen molar-refractivity contribution in [1.82, 2.24) is 4.47 Å². The van der Waals surface area contributed by atoms with Gasteiger partial charge in [-0.3, -0.25) is 0 Å². The molecular formula is C9H10ClNO5S. The lowest BCUT2D eigenvalue weighted by molar-refractivity contribution is -0.0293. The van der Waals surface area contributed by atoms with Crippen LogP contribution in [0.2, 0.25) is 5.02 Å². The number of hydrogen-bond donors (Lipinski definition) is 1. The summed E-state index contributed by atoms with van der Waals surface area (Å²) in [5.74, 6) is -1.44. The van der Waals surface area contributed by atoms with E-state index in [0.29, 0.717) is 4.47 Å². The fourth-order valence-corrected chi connectivity index (χ4v) is 1.39. The summed E-state index contributed by atoms with van der Waals surface area (Å²) < 4.78 is 22.4. The van der Waals surface area contributed by atoms with Crippen LogP contribution in [0.5, 0.6) is 5.75 Å². The fourth-order valence-electron chi connectivity index (χ4n) is 0.945. The number of sulfonamides is 1. The number of nitrogens with zero attached hydrogens (tertiary/aromatic N) is 1. The molecule has 0 saturated heterocycles. The second-order valence-corrected chi connectivity index (χ2v) is 5.57. The molecule has 1 aromatic carbocycles. The highest BCUT2D eigenvalue weighted by atomic mass is 35.5. The highest BCUT2D eigenvalue weighted by molar-refractivity contribution is 7.88. The normalized spacial score (nSPS) is 11.5. The van der Waals surface area contributed by atoms with Crippen LogP contribution in [-0.4, -0.2) is 37.3 Å². The number of halogens is 1. The Kier molecular flexibility index (Phi) is 3.97. The van der Waals surface area contributed by atoms with E-state index in [-0.39, 0.29) is 16.3 Å². The highest BCUT2D eigenvalue weighted by Gasteiger charge is 2.22. The maximum atomic E-state index is 11.6. The average Bonchev–Trinajstić information content (AvgIpc) is 2.15. The molecule has 0 aliphatic heterocycles. The minimum atomic E-state index is -3.67. The van der Waals surface area contributed by atoms with Gasteiger partial charge in [0.15, 0.2) is 0 Å². The molecule has 0 atom stereocenters. The number of phenols is 1. The Hall–Kier alpha value is -1.31. The summed E-state index contributed by atoms with van der Waals surface area (Å²) in [7, 11) is -2.61. The number of phenolic OH excluding ortho intramolecular Hbond substituents is 1. The van der Waals surface area contributed by atoms with Crippen molar-refractivity contribution in [3.8, 4) is 5.75 Å². The summed E-state index contributed by atoms with van der Waals surface area (Å²) >= 11 is 5.69. The molecule has 1 aromatic rings. The zero-order chi connectivity index (χ0) is 13.2. The molecule has 8 heteroatoms. The third-order valence-electron chi connectivity index (χ3n) is 1.87. The number of aromatic hydroxyl groups is 1. The van der Waals surface area contributed by atoms with Crippen molar-refractivity contribution < 1.29 is 23.2 Å². The van der Waals surface area contributed by atoms with E-state index in [1.165, 1.54) is 18.2 Å². The van der Waals surface area contributed by atoms with Gasteiger partial charge in [-0.05, 0) is 16.6 Å². The van der Waals surface area contributed by atoms with E-state index >= 15 is 0 Å². The third kappa shape index (κ3) is 3.32. The molecule has 0 aliphatic carbocycles. The molecule has 1 rings (SSSR count). The molecule has 0 fully saturated rings. The zero-order valence-corrected chi connectivity index (χ0v) is 10.6. The topological polar surface area (TPSA) is 83.9 Å². The lowest BCUT2D eigenvalue weighted by atomic mass is 10.2. The van der Waals surface area contributed by atoms with Crippen LogP contribution in [0.15, 0.2) is 18.2 Å². The van der Waals surface area contributed by atoms with Crippen LogP contribution in [-0.2, 0) is 14.9 Å². The van der Waals surface area contributed by atoms with Crippen molar-refractivity contribution in [3.63, 3.8) is 0 Å². The number of benzene rings is 1. The molecular weight excluding hydrogens is 270 g/mol. The first-order chi connectivity index (χ1) is 7.73. The van der Waals surface area contributed by atoms with Gasteiger partial charge in [-0.25, -0.2) is 13.2 Å². The molecule has 0 aliphatic rings. The molecule has 0 aromatic heterocycles. The first-order valence-corrected chi connectivity index (χ1v) is 6.60. The Morgan fingerprint density at radius 1 is 1.47 bits per heavy atom. The Morgan fingerprint density at radius 3 is 2.53 bits per heavy atom. The van der Waals surface area contributed by atoms with Gasteiger partial charge in [0.2, 0.25) is 10.0 Å². The van der Waals surface area contributed by atoms with Gasteiger partial charge in [-0.2, -0.15) is 0 Å². The van der Waals surface area contributed by atoms with E-state index in [0.717, 1.165) is 13.3 Å². The van der Waals surface area contributed by atoms with Gasteiger partial charge in [0.05, 0.1) is 11.3 Å². The zero-order valence-electron chi connectivity index (χ0n) is 9.05. The molecule has 6 nitrogen and oxygen atoms in total. The highest BCUT2D eigenvalue weighted by Crippen LogP contribution is 2.26. The quantitative estimate of drug-likeness (QED) is 0.835. The van der Waals surface area contributed by atoms with Crippen molar-refractivity contribution in [1.29, 1.82) is 0 Å². The molecule has 0 radical (unpaired) electrons. The maximum Gasteiger partial charge on any atom is 0.363 e. The van der Waals surface area contributed by atoms with E-state index in [2.05, 4.69) is 4.84 Å². The summed E-state index contributed by atoms with van der Waals surface area (Å²) in [5.41, 5.74) is -0.287. The molecule has 0 unspecified atom stereocenters. The maximum absolute atomic E-state index is 11.6. The molecule has 1 N–H and O–H groups in total. The van der Waals surface area contributed by atoms with E-state index in [1.54, 1.807) is 0 Å². The molecule has 0 heterocycles. The summed E-state index contributed by atoms with van der Waals surface area (Å²) in [6, 6.07) is 4.05. The Bertz CT molecular complexity index is 522. The smallest absolute Gasteiger partial charge is 0.363 e. The number of hydrogen-bond acceptors (Lipinski definition) is 5. The largest absolute Gasteiger partial charge is 0.507 e. The Morgan fingerprint density at radius 2 is 2.06 bits per heavy atom. The lowest BCUT2D eigenvalue weighted by Gasteiger charge is -2.14. The second-order valence-electron chi connectivity index (χ2n) is 3.19. The van der Waals surface area contributed by atoms with E-state index in [9.17, 15) is 18.3 Å². The second kappa shape index (κ2) is 4.91. The minimum absolute atomic E-state index is 0.0306. The molecule has 0 spiro atoms. The molecule has 0 saturated carbocycles. The van der Waals surface area contributed by atoms with Crippen LogP contribution in [0.3, 0.4) is 0 Å². The number of carbonyl (C=O) groups excluding carboxylic acids is 1.